The van der Waals surface area contributed by atoms with Crippen molar-refractivity contribution in [2.24, 2.45) is 0 Å². The van der Waals surface area contributed by atoms with Gasteiger partial charge in [-0.3, -0.25) is 0 Å². The lowest BCUT2D eigenvalue weighted by molar-refractivity contribution is -0.337. The molecule has 8 aromatic rings. The minimum absolute atomic E-state index is 0.0232. The van der Waals surface area contributed by atoms with Gasteiger partial charge in [0.15, 0.2) is 6.29 Å². The van der Waals surface area contributed by atoms with E-state index < -0.39 is 60.6 Å². The zero-order valence-corrected chi connectivity index (χ0v) is 45.5. The van der Waals surface area contributed by atoms with Crippen molar-refractivity contribution in [2.75, 3.05) is 13.2 Å². The van der Waals surface area contributed by atoms with E-state index in [0.717, 1.165) is 49.4 Å². The maximum absolute atomic E-state index is 7.37. The van der Waals surface area contributed by atoms with Crippen molar-refractivity contribution in [3.63, 3.8) is 0 Å². The molecule has 79 heavy (non-hydrogen) atoms. The lowest BCUT2D eigenvalue weighted by atomic mass is 9.97. The van der Waals surface area contributed by atoms with E-state index in [0.29, 0.717) is 26.4 Å². The highest BCUT2D eigenvalue weighted by atomic mass is 32.2. The van der Waals surface area contributed by atoms with Gasteiger partial charge in [-0.2, -0.15) is 0 Å². The average molecular weight is 1080 g/mol. The second-order valence-electron chi connectivity index (χ2n) is 19.9. The van der Waals surface area contributed by atoms with Crippen LogP contribution in [-0.4, -0.2) is 73.8 Å². The van der Waals surface area contributed by atoms with Crippen LogP contribution >= 0.6 is 11.8 Å². The molecule has 408 valence electrons. The maximum atomic E-state index is 7.37. The summed E-state index contributed by atoms with van der Waals surface area (Å²) in [4.78, 5) is 1.03. The number of rotatable bonds is 27. The third kappa shape index (κ3) is 16.6. The summed E-state index contributed by atoms with van der Waals surface area (Å²) < 4.78 is 70.8. The summed E-state index contributed by atoms with van der Waals surface area (Å²) >= 11 is 1.60. The van der Waals surface area contributed by atoms with Gasteiger partial charge in [-0.25, -0.2) is 0 Å². The molecule has 2 saturated heterocycles. The van der Waals surface area contributed by atoms with E-state index in [1.807, 2.05) is 140 Å². The molecule has 0 aromatic heterocycles. The molecule has 0 spiro atoms. The molecule has 2 aliphatic rings. The molecule has 2 heterocycles. The van der Waals surface area contributed by atoms with Crippen molar-refractivity contribution in [2.45, 2.75) is 119 Å². The topological polar surface area (TPSA) is 92.3 Å². The number of hydrogen-bond acceptors (Lipinski definition) is 11. The first kappa shape index (κ1) is 56.0. The Morgan fingerprint density at radius 2 is 0.620 bits per heavy atom. The zero-order chi connectivity index (χ0) is 53.7. The van der Waals surface area contributed by atoms with Crippen LogP contribution in [0, 0.1) is 6.92 Å². The van der Waals surface area contributed by atoms with E-state index >= 15 is 0 Å². The molecule has 0 amide bonds. The molecule has 2 fully saturated rings. The van der Waals surface area contributed by atoms with Gasteiger partial charge in [0.1, 0.15) is 54.3 Å². The van der Waals surface area contributed by atoms with Gasteiger partial charge in [0.05, 0.1) is 59.5 Å². The largest absolute Gasteiger partial charge is 0.374 e. The van der Waals surface area contributed by atoms with Gasteiger partial charge in [0.2, 0.25) is 0 Å². The summed E-state index contributed by atoms with van der Waals surface area (Å²) in [5.74, 6) is 0. The highest BCUT2D eigenvalue weighted by Crippen LogP contribution is 2.40. The molecule has 8 aromatic carbocycles. The first-order valence-electron chi connectivity index (χ1n) is 27.3. The van der Waals surface area contributed by atoms with Crippen LogP contribution in [-0.2, 0) is 93.6 Å². The Hall–Kier alpha value is -6.29. The Morgan fingerprint density at radius 1 is 0.304 bits per heavy atom. The number of ether oxygens (including phenoxy) is 10. The number of aryl methyl sites for hydroxylation is 1. The molecule has 10 atom stereocenters. The predicted octanol–water partition coefficient (Wildman–Crippen LogP) is 13.3. The van der Waals surface area contributed by atoms with E-state index in [9.17, 15) is 0 Å². The van der Waals surface area contributed by atoms with Crippen LogP contribution < -0.4 is 0 Å². The van der Waals surface area contributed by atoms with Crippen LogP contribution in [0.5, 0.6) is 0 Å². The standard InChI is InChI=1S/C68H70O10S/c1-50-37-39-58(40-38-50)79-68-66(75-47-57-35-21-8-22-36-57)64(73-45-55-31-17-6-18-32-55)62(71-43-53-27-13-4-14-28-53)60(78-68)49-76-67-65(74-46-56-33-19-7-20-34-56)63(72-44-54-29-15-5-16-30-54)61(70-42-52-25-11-3-12-26-52)59(77-67)48-69-41-51-23-9-2-10-24-51/h2-40,59-68H,41-49H2,1H3/t59-,60-,61-,62-,63+,64+,65-,66-,67?,68+/m1/s1. The fraction of sp³-hybridized carbons (Fsp3) is 0.294. The Labute approximate surface area is 469 Å². The summed E-state index contributed by atoms with van der Waals surface area (Å²) in [5.41, 5.74) is 7.70. The summed E-state index contributed by atoms with van der Waals surface area (Å²) in [6, 6.07) is 79.5. The van der Waals surface area contributed by atoms with Crippen LogP contribution in [0.4, 0.5) is 0 Å². The second-order valence-corrected chi connectivity index (χ2v) is 21.1. The van der Waals surface area contributed by atoms with Crippen LogP contribution in [0.3, 0.4) is 0 Å². The number of benzene rings is 8. The summed E-state index contributed by atoms with van der Waals surface area (Å²) in [5, 5.41) is 0. The Kier molecular flexibility index (Phi) is 21.1. The van der Waals surface area contributed by atoms with E-state index in [-0.39, 0.29) is 33.0 Å². The van der Waals surface area contributed by atoms with Gasteiger partial charge >= 0.3 is 0 Å². The van der Waals surface area contributed by atoms with Crippen molar-refractivity contribution < 1.29 is 47.4 Å². The molecule has 1 unspecified atom stereocenters. The van der Waals surface area contributed by atoms with Gasteiger partial charge < -0.3 is 47.4 Å². The molecule has 10 rings (SSSR count). The highest BCUT2D eigenvalue weighted by molar-refractivity contribution is 7.99. The molecule has 0 saturated carbocycles. The lowest BCUT2D eigenvalue weighted by Crippen LogP contribution is -2.63. The molecular formula is C68H70O10S. The van der Waals surface area contributed by atoms with Gasteiger partial charge in [0.25, 0.3) is 0 Å². The third-order valence-electron chi connectivity index (χ3n) is 14.0. The summed E-state index contributed by atoms with van der Waals surface area (Å²) in [6.07, 6.45) is -6.42. The minimum atomic E-state index is -0.997. The van der Waals surface area contributed by atoms with Gasteiger partial charge in [-0.1, -0.05) is 242 Å². The second kappa shape index (κ2) is 29.8. The predicted molar refractivity (Wildman–Crippen MR) is 307 cm³/mol. The van der Waals surface area contributed by atoms with Crippen LogP contribution in [0.25, 0.3) is 0 Å². The van der Waals surface area contributed by atoms with Gasteiger partial charge in [-0.05, 0) is 58.0 Å². The van der Waals surface area contributed by atoms with Crippen LogP contribution in [0.15, 0.2) is 241 Å². The van der Waals surface area contributed by atoms with Crippen LogP contribution in [0.2, 0.25) is 0 Å². The Bertz CT molecular complexity index is 2930. The highest BCUT2D eigenvalue weighted by Gasteiger charge is 2.52. The van der Waals surface area contributed by atoms with Crippen LogP contribution in [0.1, 0.15) is 44.5 Å². The average Bonchev–Trinajstić information content (AvgIpc) is 3.55. The molecule has 0 N–H and O–H groups in total. The number of thioether (sulfide) groups is 1. The van der Waals surface area contributed by atoms with Gasteiger partial charge in [0, 0.05) is 4.90 Å². The fourth-order valence-corrected chi connectivity index (χ4v) is 10.9. The van der Waals surface area contributed by atoms with Gasteiger partial charge in [-0.15, -0.1) is 0 Å². The summed E-state index contributed by atoms with van der Waals surface area (Å²) in [7, 11) is 0. The Balaban J connectivity index is 1.02. The number of hydrogen-bond donors (Lipinski definition) is 0. The van der Waals surface area contributed by atoms with E-state index in [1.54, 1.807) is 11.8 Å². The fourth-order valence-electron chi connectivity index (χ4n) is 9.80. The van der Waals surface area contributed by atoms with Crippen molar-refractivity contribution in [1.29, 1.82) is 0 Å². The van der Waals surface area contributed by atoms with Crippen molar-refractivity contribution in [3.05, 3.63) is 281 Å². The van der Waals surface area contributed by atoms with Crippen molar-refractivity contribution in [3.8, 4) is 0 Å². The van der Waals surface area contributed by atoms with E-state index in [4.69, 9.17) is 47.4 Å². The summed E-state index contributed by atoms with van der Waals surface area (Å²) in [6.45, 7) is 4.45. The van der Waals surface area contributed by atoms with E-state index in [1.165, 1.54) is 0 Å². The third-order valence-corrected chi connectivity index (χ3v) is 15.1. The van der Waals surface area contributed by atoms with E-state index in [2.05, 4.69) is 104 Å². The monoisotopic (exact) mass is 1080 g/mol. The molecule has 0 aliphatic carbocycles. The lowest BCUT2D eigenvalue weighted by Gasteiger charge is -2.48. The molecule has 11 heteroatoms. The molecular weight excluding hydrogens is 1010 g/mol. The van der Waals surface area contributed by atoms with Crippen molar-refractivity contribution >= 4 is 11.8 Å². The molecule has 2 aliphatic heterocycles. The molecule has 10 nitrogen and oxygen atoms in total. The SMILES string of the molecule is Cc1ccc(S[C@@H]2O[C@H](COC3O[C@H](COCc4ccccc4)[C@@H](OCc4ccccc4)[C@H](OCc4ccccc4)[C@H]3OCc3ccccc3)[C@@H](OCc3ccccc3)[C@H](OCc3ccccc3)[C@H]2OCc2ccccc2)cc1. The van der Waals surface area contributed by atoms with Crippen molar-refractivity contribution in [1.82, 2.24) is 0 Å². The smallest absolute Gasteiger partial charge is 0.187 e. The maximum Gasteiger partial charge on any atom is 0.187 e. The quantitative estimate of drug-likeness (QED) is 0.0493. The zero-order valence-electron chi connectivity index (χ0n) is 44.6. The first-order chi connectivity index (χ1) is 39.1. The molecule has 0 bridgehead atoms. The Morgan fingerprint density at radius 3 is 1.01 bits per heavy atom. The normalized spacial score (nSPS) is 23.1. The minimum Gasteiger partial charge on any atom is -0.374 e. The molecule has 0 radical (unpaired) electrons. The first-order valence-corrected chi connectivity index (χ1v) is 28.2.